The van der Waals surface area contributed by atoms with Gasteiger partial charge in [-0.25, -0.2) is 0 Å². The van der Waals surface area contributed by atoms with E-state index in [4.69, 9.17) is 5.73 Å². The highest BCUT2D eigenvalue weighted by Gasteiger charge is 2.23. The first kappa shape index (κ1) is 9.01. The average molecular weight is 195 g/mol. The molecular formula is C8H13N5O. The lowest BCUT2D eigenvalue weighted by atomic mass is 10.3. The van der Waals surface area contributed by atoms with E-state index in [1.807, 2.05) is 4.90 Å². The Hall–Kier alpha value is -1.56. The fraction of sp³-hybridized carbons (Fsp3) is 0.500. The quantitative estimate of drug-likeness (QED) is 0.460. The van der Waals surface area contributed by atoms with Gasteiger partial charge in [0.2, 0.25) is 5.91 Å². The second-order valence-electron chi connectivity index (χ2n) is 3.28. The molecule has 6 nitrogen and oxygen atoms in total. The van der Waals surface area contributed by atoms with Crippen molar-refractivity contribution in [3.63, 3.8) is 0 Å². The fourth-order valence-corrected chi connectivity index (χ4v) is 1.47. The highest BCUT2D eigenvalue weighted by atomic mass is 16.2. The van der Waals surface area contributed by atoms with E-state index in [1.165, 1.54) is 0 Å². The number of allylic oxidation sites excluding steroid dienone is 1. The summed E-state index contributed by atoms with van der Waals surface area (Å²) in [5, 5.41) is 5.78. The molecule has 0 aromatic rings. The summed E-state index contributed by atoms with van der Waals surface area (Å²) in [6.07, 6.45) is 3.14. The number of hydrogen-bond acceptors (Lipinski definition) is 5. The summed E-state index contributed by atoms with van der Waals surface area (Å²) in [6, 6.07) is 0. The van der Waals surface area contributed by atoms with Gasteiger partial charge < -0.3 is 16.4 Å². The van der Waals surface area contributed by atoms with Crippen LogP contribution in [-0.2, 0) is 4.79 Å². The fourth-order valence-electron chi connectivity index (χ4n) is 1.47. The maximum atomic E-state index is 11.1. The number of piperazine rings is 1. The molecule has 14 heavy (non-hydrogen) atoms. The van der Waals surface area contributed by atoms with Crippen molar-refractivity contribution in [1.82, 2.24) is 15.5 Å². The standard InChI is InChI=1S/C8H13N5O/c9-6-3-11-8(12-4-6)13-2-1-10-7(14)5-13/h3-4,8,11H,1-2,5,9H2,(H,10,14). The second-order valence-corrected chi connectivity index (χ2v) is 3.28. The molecule has 0 aromatic carbocycles. The van der Waals surface area contributed by atoms with E-state index in [-0.39, 0.29) is 12.2 Å². The Morgan fingerprint density at radius 3 is 3.14 bits per heavy atom. The van der Waals surface area contributed by atoms with Gasteiger partial charge in [-0.2, -0.15) is 0 Å². The highest BCUT2D eigenvalue weighted by molar-refractivity contribution is 5.79. The normalized spacial score (nSPS) is 27.9. The summed E-state index contributed by atoms with van der Waals surface area (Å²) in [5.74, 6) is 0.0378. The van der Waals surface area contributed by atoms with E-state index >= 15 is 0 Å². The number of carbonyl (C=O) groups is 1. The molecule has 0 radical (unpaired) electrons. The molecule has 2 rings (SSSR count). The number of nitrogens with one attached hydrogen (secondary N) is 2. The summed E-state index contributed by atoms with van der Waals surface area (Å²) in [5.41, 5.74) is 6.11. The second kappa shape index (κ2) is 3.67. The van der Waals surface area contributed by atoms with Crippen molar-refractivity contribution in [3.8, 4) is 0 Å². The first-order valence-corrected chi connectivity index (χ1v) is 4.51. The summed E-state index contributed by atoms with van der Waals surface area (Å²) in [4.78, 5) is 17.2. The van der Waals surface area contributed by atoms with Crippen LogP contribution in [0.15, 0.2) is 16.9 Å². The van der Waals surface area contributed by atoms with Crippen LogP contribution in [0.5, 0.6) is 0 Å². The highest BCUT2D eigenvalue weighted by Crippen LogP contribution is 2.03. The maximum Gasteiger partial charge on any atom is 0.234 e. The van der Waals surface area contributed by atoms with E-state index in [1.54, 1.807) is 12.4 Å². The van der Waals surface area contributed by atoms with Crippen LogP contribution in [-0.4, -0.2) is 42.9 Å². The zero-order chi connectivity index (χ0) is 9.97. The molecule has 4 N–H and O–H groups in total. The van der Waals surface area contributed by atoms with Gasteiger partial charge in [0.05, 0.1) is 12.2 Å². The number of rotatable bonds is 1. The molecular weight excluding hydrogens is 182 g/mol. The lowest BCUT2D eigenvalue weighted by Gasteiger charge is -2.32. The number of carbonyl (C=O) groups excluding carboxylic acids is 1. The number of amides is 1. The molecule has 1 unspecified atom stereocenters. The van der Waals surface area contributed by atoms with Crippen molar-refractivity contribution >= 4 is 12.1 Å². The molecule has 2 aliphatic rings. The molecule has 6 heteroatoms. The Bertz CT molecular complexity index is 298. The Balaban J connectivity index is 1.96. The van der Waals surface area contributed by atoms with Crippen molar-refractivity contribution in [3.05, 3.63) is 11.9 Å². The van der Waals surface area contributed by atoms with E-state index in [0.29, 0.717) is 18.8 Å². The zero-order valence-electron chi connectivity index (χ0n) is 7.73. The van der Waals surface area contributed by atoms with Gasteiger partial charge in [0.1, 0.15) is 0 Å². The lowest BCUT2D eigenvalue weighted by Crippen LogP contribution is -2.55. The Morgan fingerprint density at radius 1 is 1.64 bits per heavy atom. The van der Waals surface area contributed by atoms with E-state index in [9.17, 15) is 4.79 Å². The SMILES string of the molecule is NC1=CNC(N2CCNC(=O)C2)N=C1. The molecule has 1 fully saturated rings. The largest absolute Gasteiger partial charge is 0.396 e. The molecule has 0 spiro atoms. The number of hydrogen-bond donors (Lipinski definition) is 3. The van der Waals surface area contributed by atoms with E-state index in [2.05, 4.69) is 15.6 Å². The summed E-state index contributed by atoms with van der Waals surface area (Å²) >= 11 is 0. The third kappa shape index (κ3) is 1.85. The van der Waals surface area contributed by atoms with Crippen LogP contribution in [0.1, 0.15) is 0 Å². The molecule has 76 valence electrons. The molecule has 0 saturated carbocycles. The van der Waals surface area contributed by atoms with Gasteiger partial charge in [0, 0.05) is 25.5 Å². The third-order valence-electron chi connectivity index (χ3n) is 2.18. The third-order valence-corrected chi connectivity index (χ3v) is 2.18. The minimum Gasteiger partial charge on any atom is -0.396 e. The first-order valence-electron chi connectivity index (χ1n) is 4.51. The predicted octanol–water partition coefficient (Wildman–Crippen LogP) is -1.82. The summed E-state index contributed by atoms with van der Waals surface area (Å²) in [6.45, 7) is 1.85. The molecule has 0 bridgehead atoms. The van der Waals surface area contributed by atoms with Gasteiger partial charge in [-0.1, -0.05) is 0 Å². The number of nitrogens with two attached hydrogens (primary N) is 1. The topological polar surface area (TPSA) is 82.8 Å². The van der Waals surface area contributed by atoms with Crippen molar-refractivity contribution in [2.45, 2.75) is 6.29 Å². The van der Waals surface area contributed by atoms with Gasteiger partial charge in [-0.3, -0.25) is 14.7 Å². The van der Waals surface area contributed by atoms with E-state index in [0.717, 1.165) is 6.54 Å². The maximum absolute atomic E-state index is 11.1. The van der Waals surface area contributed by atoms with Gasteiger partial charge in [0.15, 0.2) is 6.29 Å². The van der Waals surface area contributed by atoms with Crippen LogP contribution < -0.4 is 16.4 Å². The van der Waals surface area contributed by atoms with Crippen molar-refractivity contribution in [1.29, 1.82) is 0 Å². The molecule has 0 aliphatic carbocycles. The molecule has 1 amide bonds. The van der Waals surface area contributed by atoms with Crippen LogP contribution in [0.2, 0.25) is 0 Å². The van der Waals surface area contributed by atoms with Gasteiger partial charge in [-0.15, -0.1) is 0 Å². The van der Waals surface area contributed by atoms with Gasteiger partial charge in [0.25, 0.3) is 0 Å². The first-order chi connectivity index (χ1) is 6.75. The van der Waals surface area contributed by atoms with Crippen LogP contribution in [0.4, 0.5) is 0 Å². The molecule has 1 atom stereocenters. The monoisotopic (exact) mass is 195 g/mol. The van der Waals surface area contributed by atoms with Crippen LogP contribution in [0, 0.1) is 0 Å². The van der Waals surface area contributed by atoms with Crippen molar-refractivity contribution in [2.75, 3.05) is 19.6 Å². The Morgan fingerprint density at radius 2 is 2.50 bits per heavy atom. The van der Waals surface area contributed by atoms with Gasteiger partial charge in [-0.05, 0) is 0 Å². The summed E-state index contributed by atoms with van der Waals surface area (Å²) in [7, 11) is 0. The summed E-state index contributed by atoms with van der Waals surface area (Å²) < 4.78 is 0. The molecule has 1 saturated heterocycles. The molecule has 2 aliphatic heterocycles. The average Bonchev–Trinajstić information content (AvgIpc) is 2.19. The molecule has 0 aromatic heterocycles. The van der Waals surface area contributed by atoms with Crippen LogP contribution in [0.3, 0.4) is 0 Å². The number of aliphatic imine (C=N–C) groups is 1. The van der Waals surface area contributed by atoms with Crippen LogP contribution in [0.25, 0.3) is 0 Å². The molecule has 2 heterocycles. The lowest BCUT2D eigenvalue weighted by molar-refractivity contribution is -0.125. The van der Waals surface area contributed by atoms with Crippen molar-refractivity contribution in [2.24, 2.45) is 10.7 Å². The Kier molecular flexibility index (Phi) is 2.36. The van der Waals surface area contributed by atoms with Gasteiger partial charge >= 0.3 is 0 Å². The predicted molar refractivity (Wildman–Crippen MR) is 52.3 cm³/mol. The van der Waals surface area contributed by atoms with Crippen LogP contribution >= 0.6 is 0 Å². The van der Waals surface area contributed by atoms with Crippen molar-refractivity contribution < 1.29 is 4.79 Å². The minimum atomic E-state index is -0.159. The zero-order valence-corrected chi connectivity index (χ0v) is 7.73. The number of nitrogens with zero attached hydrogens (tertiary/aromatic N) is 2. The minimum absolute atomic E-state index is 0.0378. The Labute approximate surface area is 81.8 Å². The van der Waals surface area contributed by atoms with E-state index < -0.39 is 0 Å². The smallest absolute Gasteiger partial charge is 0.234 e.